The first-order valence-corrected chi connectivity index (χ1v) is 8.40. The number of carbonyl (C=O) groups is 2. The SMILES string of the molecule is CC1CC(C(=O)O)CN(C(=O)NCC(C)Oc2cccc(Cl)c2)C1. The standard InChI is InChI=1S/C17H23ClN2O4/c1-11-6-13(16(21)22)10-20(9-11)17(23)19-8-12(2)24-15-5-3-4-14(18)7-15/h3-5,7,11-13H,6,8-10H2,1-2H3,(H,19,23)(H,21,22). The molecule has 0 aromatic heterocycles. The third-order valence-electron chi connectivity index (χ3n) is 3.97. The van der Waals surface area contributed by atoms with Crippen LogP contribution in [0.3, 0.4) is 0 Å². The van der Waals surface area contributed by atoms with Gasteiger partial charge in [0.2, 0.25) is 0 Å². The van der Waals surface area contributed by atoms with Gasteiger partial charge in [0.15, 0.2) is 0 Å². The maximum absolute atomic E-state index is 12.3. The highest BCUT2D eigenvalue weighted by atomic mass is 35.5. The van der Waals surface area contributed by atoms with E-state index in [9.17, 15) is 14.7 Å². The van der Waals surface area contributed by atoms with Gasteiger partial charge in [-0.3, -0.25) is 4.79 Å². The van der Waals surface area contributed by atoms with Crippen molar-refractivity contribution in [1.82, 2.24) is 10.2 Å². The number of carboxylic acid groups (broad SMARTS) is 1. The minimum Gasteiger partial charge on any atom is -0.489 e. The van der Waals surface area contributed by atoms with Crippen LogP contribution in [0.1, 0.15) is 20.3 Å². The summed E-state index contributed by atoms with van der Waals surface area (Å²) in [5, 5.41) is 12.6. The summed E-state index contributed by atoms with van der Waals surface area (Å²) in [6.45, 7) is 4.95. The Hall–Kier alpha value is -1.95. The number of hydrogen-bond donors (Lipinski definition) is 2. The van der Waals surface area contributed by atoms with Gasteiger partial charge in [0.25, 0.3) is 0 Å². The fraction of sp³-hybridized carbons (Fsp3) is 0.529. The van der Waals surface area contributed by atoms with E-state index >= 15 is 0 Å². The molecule has 1 aromatic rings. The monoisotopic (exact) mass is 354 g/mol. The van der Waals surface area contributed by atoms with E-state index in [1.165, 1.54) is 0 Å². The molecule has 0 spiro atoms. The fourth-order valence-electron chi connectivity index (χ4n) is 2.85. The normalized spacial score (nSPS) is 21.9. The number of urea groups is 1. The summed E-state index contributed by atoms with van der Waals surface area (Å²) >= 11 is 5.91. The zero-order valence-electron chi connectivity index (χ0n) is 13.9. The van der Waals surface area contributed by atoms with Crippen molar-refractivity contribution in [2.45, 2.75) is 26.4 Å². The van der Waals surface area contributed by atoms with Gasteiger partial charge in [-0.1, -0.05) is 24.6 Å². The first-order valence-electron chi connectivity index (χ1n) is 8.03. The summed E-state index contributed by atoms with van der Waals surface area (Å²) in [4.78, 5) is 25.0. The Balaban J connectivity index is 1.82. The van der Waals surface area contributed by atoms with E-state index in [1.807, 2.05) is 13.8 Å². The molecule has 6 nitrogen and oxygen atoms in total. The van der Waals surface area contributed by atoms with Crippen molar-refractivity contribution in [1.29, 1.82) is 0 Å². The van der Waals surface area contributed by atoms with E-state index in [-0.39, 0.29) is 24.6 Å². The van der Waals surface area contributed by atoms with Crippen molar-refractivity contribution in [2.24, 2.45) is 11.8 Å². The Labute approximate surface area is 146 Å². The largest absolute Gasteiger partial charge is 0.489 e. The Morgan fingerprint density at radius 1 is 1.46 bits per heavy atom. The summed E-state index contributed by atoms with van der Waals surface area (Å²) in [5.41, 5.74) is 0. The number of carbonyl (C=O) groups excluding carboxylic acids is 1. The first-order chi connectivity index (χ1) is 11.3. The smallest absolute Gasteiger partial charge is 0.317 e. The van der Waals surface area contributed by atoms with E-state index in [0.29, 0.717) is 30.3 Å². The van der Waals surface area contributed by atoms with E-state index in [0.717, 1.165) is 0 Å². The molecule has 2 rings (SSSR count). The van der Waals surface area contributed by atoms with Crippen molar-refractivity contribution in [3.05, 3.63) is 29.3 Å². The number of nitrogens with zero attached hydrogens (tertiary/aromatic N) is 1. The molecule has 1 heterocycles. The number of halogens is 1. The minimum atomic E-state index is -0.850. The van der Waals surface area contributed by atoms with Gasteiger partial charge in [-0.05, 0) is 37.5 Å². The maximum Gasteiger partial charge on any atom is 0.317 e. The number of likely N-dealkylation sites (tertiary alicyclic amines) is 1. The summed E-state index contributed by atoms with van der Waals surface area (Å²) in [6, 6.07) is 6.81. The number of aliphatic carboxylic acids is 1. The molecule has 0 aliphatic carbocycles. The van der Waals surface area contributed by atoms with Gasteiger partial charge in [-0.25, -0.2) is 4.79 Å². The van der Waals surface area contributed by atoms with Gasteiger partial charge in [0, 0.05) is 18.1 Å². The molecule has 1 fully saturated rings. The molecule has 0 saturated carbocycles. The topological polar surface area (TPSA) is 78.9 Å². The third-order valence-corrected chi connectivity index (χ3v) is 4.21. The van der Waals surface area contributed by atoms with E-state index in [1.54, 1.807) is 29.2 Å². The zero-order chi connectivity index (χ0) is 17.7. The van der Waals surface area contributed by atoms with Crippen LogP contribution in [0.4, 0.5) is 4.79 Å². The van der Waals surface area contributed by atoms with Crippen molar-refractivity contribution in [3.63, 3.8) is 0 Å². The summed E-state index contributed by atoms with van der Waals surface area (Å²) in [6.07, 6.45) is 0.373. The number of nitrogens with one attached hydrogen (secondary N) is 1. The molecule has 3 atom stereocenters. The molecule has 7 heteroatoms. The quantitative estimate of drug-likeness (QED) is 0.852. The number of ether oxygens (including phenoxy) is 1. The highest BCUT2D eigenvalue weighted by molar-refractivity contribution is 6.30. The molecular weight excluding hydrogens is 332 g/mol. The molecule has 132 valence electrons. The van der Waals surface area contributed by atoms with Crippen LogP contribution in [0.5, 0.6) is 5.75 Å². The number of benzene rings is 1. The summed E-state index contributed by atoms with van der Waals surface area (Å²) < 4.78 is 5.70. The molecule has 2 amide bonds. The molecule has 0 bridgehead atoms. The predicted molar refractivity (Wildman–Crippen MR) is 91.4 cm³/mol. The zero-order valence-corrected chi connectivity index (χ0v) is 14.6. The van der Waals surface area contributed by atoms with Crippen molar-refractivity contribution < 1.29 is 19.4 Å². The van der Waals surface area contributed by atoms with Crippen LogP contribution >= 0.6 is 11.6 Å². The molecule has 3 unspecified atom stereocenters. The second-order valence-corrected chi connectivity index (χ2v) is 6.79. The highest BCUT2D eigenvalue weighted by Gasteiger charge is 2.31. The number of amides is 2. The van der Waals surface area contributed by atoms with Crippen LogP contribution in [-0.2, 0) is 4.79 Å². The molecule has 1 aliphatic heterocycles. The van der Waals surface area contributed by atoms with Crippen LogP contribution in [0.25, 0.3) is 0 Å². The molecule has 1 aliphatic rings. The second-order valence-electron chi connectivity index (χ2n) is 6.35. The van der Waals surface area contributed by atoms with Gasteiger partial charge in [0.1, 0.15) is 11.9 Å². The molecule has 1 saturated heterocycles. The average Bonchev–Trinajstić information content (AvgIpc) is 2.52. The lowest BCUT2D eigenvalue weighted by atomic mass is 9.91. The highest BCUT2D eigenvalue weighted by Crippen LogP contribution is 2.22. The van der Waals surface area contributed by atoms with E-state index in [4.69, 9.17) is 16.3 Å². The summed E-state index contributed by atoms with van der Waals surface area (Å²) in [5.74, 6) is -0.538. The Kier molecular flexibility index (Phi) is 6.31. The fourth-order valence-corrected chi connectivity index (χ4v) is 3.03. The van der Waals surface area contributed by atoms with Crippen LogP contribution in [0, 0.1) is 11.8 Å². The van der Waals surface area contributed by atoms with Gasteiger partial charge in [-0.15, -0.1) is 0 Å². The lowest BCUT2D eigenvalue weighted by Gasteiger charge is -2.34. The molecule has 0 radical (unpaired) electrons. The third kappa shape index (κ3) is 5.30. The van der Waals surface area contributed by atoms with Gasteiger partial charge >= 0.3 is 12.0 Å². The van der Waals surface area contributed by atoms with Gasteiger partial charge in [0.05, 0.1) is 12.5 Å². The van der Waals surface area contributed by atoms with Crippen LogP contribution < -0.4 is 10.1 Å². The number of rotatable bonds is 5. The minimum absolute atomic E-state index is 0.172. The molecule has 24 heavy (non-hydrogen) atoms. The Morgan fingerprint density at radius 3 is 2.88 bits per heavy atom. The number of hydrogen-bond acceptors (Lipinski definition) is 3. The second kappa shape index (κ2) is 8.24. The molecule has 1 aromatic carbocycles. The number of piperidine rings is 1. The average molecular weight is 355 g/mol. The van der Waals surface area contributed by atoms with Crippen LogP contribution in [0.2, 0.25) is 5.02 Å². The van der Waals surface area contributed by atoms with Crippen LogP contribution in [0.15, 0.2) is 24.3 Å². The van der Waals surface area contributed by atoms with Gasteiger partial charge in [-0.2, -0.15) is 0 Å². The lowest BCUT2D eigenvalue weighted by molar-refractivity contribution is -0.143. The molecular formula is C17H23ClN2O4. The molecule has 2 N–H and O–H groups in total. The van der Waals surface area contributed by atoms with Crippen molar-refractivity contribution in [3.8, 4) is 5.75 Å². The van der Waals surface area contributed by atoms with Gasteiger partial charge < -0.3 is 20.1 Å². The van der Waals surface area contributed by atoms with Crippen LogP contribution in [-0.4, -0.2) is 47.7 Å². The predicted octanol–water partition coefficient (Wildman–Crippen LogP) is 2.86. The lowest BCUT2D eigenvalue weighted by Crippen LogP contribution is -2.50. The van der Waals surface area contributed by atoms with Crippen molar-refractivity contribution in [2.75, 3.05) is 19.6 Å². The Bertz CT molecular complexity index is 596. The van der Waals surface area contributed by atoms with Crippen molar-refractivity contribution >= 4 is 23.6 Å². The maximum atomic E-state index is 12.3. The van der Waals surface area contributed by atoms with E-state index < -0.39 is 11.9 Å². The van der Waals surface area contributed by atoms with E-state index in [2.05, 4.69) is 5.32 Å². The first kappa shape index (κ1) is 18.4. The number of carboxylic acids is 1. The Morgan fingerprint density at radius 2 is 2.21 bits per heavy atom. The summed E-state index contributed by atoms with van der Waals surface area (Å²) in [7, 11) is 0.